The molecule has 1 saturated heterocycles. The number of pyridine rings is 1. The summed E-state index contributed by atoms with van der Waals surface area (Å²) in [6.07, 6.45) is 5.27. The molecule has 2 aliphatic rings. The van der Waals surface area contributed by atoms with E-state index in [4.69, 9.17) is 10.6 Å². The molecule has 0 saturated carbocycles. The lowest BCUT2D eigenvalue weighted by Crippen LogP contribution is -2.73. The van der Waals surface area contributed by atoms with Crippen LogP contribution < -0.4 is 11.1 Å². The number of hydrogen-bond donors (Lipinski definition) is 3. The molecule has 0 aliphatic carbocycles. The molecule has 3 aromatic rings. The first-order valence-corrected chi connectivity index (χ1v) is 14.6. The predicted molar refractivity (Wildman–Crippen MR) is 147 cm³/mol. The molecule has 0 radical (unpaired) electrons. The molecule has 2 atom stereocenters. The number of carbonyl (C=O) groups is 3. The normalized spacial score (nSPS) is 19.6. The van der Waals surface area contributed by atoms with Gasteiger partial charge in [-0.05, 0) is 18.2 Å². The van der Waals surface area contributed by atoms with Gasteiger partial charge in [-0.1, -0.05) is 34.3 Å². The number of anilines is 1. The van der Waals surface area contributed by atoms with Gasteiger partial charge < -0.3 is 21.0 Å². The van der Waals surface area contributed by atoms with Gasteiger partial charge in [0.1, 0.15) is 34.9 Å². The van der Waals surface area contributed by atoms with Crippen LogP contribution in [0, 0.1) is 0 Å². The second-order valence-corrected chi connectivity index (χ2v) is 12.0. The summed E-state index contributed by atoms with van der Waals surface area (Å²) in [5.41, 5.74) is 6.46. The Kier molecular flexibility index (Phi) is 7.64. The second kappa shape index (κ2) is 11.1. The first-order chi connectivity index (χ1) is 18.4. The van der Waals surface area contributed by atoms with Crippen LogP contribution in [0.2, 0.25) is 0 Å². The maximum absolute atomic E-state index is 13.0. The van der Waals surface area contributed by atoms with Crippen LogP contribution in [-0.4, -0.2) is 79.2 Å². The average molecular weight is 590 g/mol. The van der Waals surface area contributed by atoms with Crippen molar-refractivity contribution in [1.29, 1.82) is 0 Å². The monoisotopic (exact) mass is 589 g/mol. The zero-order valence-corrected chi connectivity index (χ0v) is 22.8. The van der Waals surface area contributed by atoms with Crippen molar-refractivity contribution in [1.82, 2.24) is 25.2 Å². The minimum absolute atomic E-state index is 0.106. The fraction of sp³-hybridized carbons (Fsp3) is 0.227. The number of nitrogen functional groups attached to an aromatic ring is 1. The van der Waals surface area contributed by atoms with Gasteiger partial charge in [0.2, 0.25) is 0 Å². The predicted octanol–water partition coefficient (Wildman–Crippen LogP) is 2.17. The van der Waals surface area contributed by atoms with Crippen molar-refractivity contribution in [2.24, 2.45) is 5.16 Å². The van der Waals surface area contributed by atoms with Gasteiger partial charge in [0, 0.05) is 28.0 Å². The van der Waals surface area contributed by atoms with Gasteiger partial charge in [0.15, 0.2) is 15.2 Å². The molecule has 2 unspecified atom stereocenters. The largest absolute Gasteiger partial charge is 0.477 e. The molecular weight excluding hydrogens is 571 g/mol. The van der Waals surface area contributed by atoms with Crippen LogP contribution in [0.15, 0.2) is 56.0 Å². The highest BCUT2D eigenvalue weighted by molar-refractivity contribution is 8.03. The van der Waals surface area contributed by atoms with E-state index < -0.39 is 29.9 Å². The number of nitrogens with two attached hydrogens (primary N) is 1. The maximum Gasteiger partial charge on any atom is 0.353 e. The van der Waals surface area contributed by atoms with Gasteiger partial charge >= 0.3 is 5.97 Å². The number of carboxylic acid groups (broad SMARTS) is 1. The van der Waals surface area contributed by atoms with E-state index >= 15 is 0 Å². The minimum Gasteiger partial charge on any atom is -0.477 e. The average Bonchev–Trinajstić information content (AvgIpc) is 3.53. The van der Waals surface area contributed by atoms with E-state index in [2.05, 4.69) is 25.4 Å². The van der Waals surface area contributed by atoms with Crippen molar-refractivity contribution in [2.45, 2.75) is 16.4 Å². The van der Waals surface area contributed by atoms with Crippen LogP contribution in [-0.2, 0) is 19.2 Å². The summed E-state index contributed by atoms with van der Waals surface area (Å²) in [6.45, 7) is 0. The van der Waals surface area contributed by atoms with Gasteiger partial charge in [-0.25, -0.2) is 19.7 Å². The van der Waals surface area contributed by atoms with Gasteiger partial charge in [0.05, 0.1) is 6.04 Å². The number of amides is 2. The van der Waals surface area contributed by atoms with E-state index in [9.17, 15) is 19.5 Å². The molecular formula is C22H19N7O5S4. The Balaban J connectivity index is 1.26. The standard InChI is InChI=1S/C22H19N7O5S4/c1-34-28-14(11-8-37-21(23)25-11)17(30)27-15-12-9-36-13(16(20(32)33)29(12)19(15)31)5-3-7-35-22-26-10-4-2-6-24-18(10)38-22/h2-6,8,12,15H,7,9H2,1H3,(H2,23,25)(H,27,30)(H,32,33). The lowest BCUT2D eigenvalue weighted by Gasteiger charge is -2.49. The summed E-state index contributed by atoms with van der Waals surface area (Å²) < 4.78 is 0.861. The summed E-state index contributed by atoms with van der Waals surface area (Å²) in [5.74, 6) is -1.43. The molecule has 1 fully saturated rings. The summed E-state index contributed by atoms with van der Waals surface area (Å²) in [5, 5.41) is 18.0. The van der Waals surface area contributed by atoms with Crippen molar-refractivity contribution < 1.29 is 24.3 Å². The first kappa shape index (κ1) is 26.1. The highest BCUT2D eigenvalue weighted by atomic mass is 32.2. The summed E-state index contributed by atoms with van der Waals surface area (Å²) in [7, 11) is 1.28. The Morgan fingerprint density at radius 2 is 2.26 bits per heavy atom. The number of oxime groups is 1. The van der Waals surface area contributed by atoms with Crippen LogP contribution in [0.4, 0.5) is 5.13 Å². The molecule has 2 amide bonds. The number of fused-ring (bicyclic) bond motifs is 2. The van der Waals surface area contributed by atoms with E-state index in [1.165, 1.54) is 46.9 Å². The fourth-order valence-corrected chi connectivity index (χ4v) is 7.41. The van der Waals surface area contributed by atoms with Crippen LogP contribution in [0.1, 0.15) is 5.69 Å². The van der Waals surface area contributed by atoms with Gasteiger partial charge in [-0.15, -0.1) is 23.1 Å². The van der Waals surface area contributed by atoms with Crippen molar-refractivity contribution in [3.8, 4) is 0 Å². The number of nitrogens with zero attached hydrogens (tertiary/aromatic N) is 5. The summed E-state index contributed by atoms with van der Waals surface area (Å²) in [4.78, 5) is 58.1. The fourth-order valence-electron chi connectivity index (χ4n) is 3.84. The van der Waals surface area contributed by atoms with E-state index in [1.807, 2.05) is 18.2 Å². The van der Waals surface area contributed by atoms with Crippen molar-refractivity contribution >= 4 is 85.2 Å². The maximum atomic E-state index is 13.0. The summed E-state index contributed by atoms with van der Waals surface area (Å²) >= 11 is 5.45. The molecule has 5 rings (SSSR count). The molecule has 38 heavy (non-hydrogen) atoms. The zero-order chi connectivity index (χ0) is 26.8. The van der Waals surface area contributed by atoms with Crippen LogP contribution in [0.25, 0.3) is 10.3 Å². The van der Waals surface area contributed by atoms with Crippen molar-refractivity contribution in [3.05, 3.63) is 52.2 Å². The Morgan fingerprint density at radius 3 is 2.97 bits per heavy atom. The van der Waals surface area contributed by atoms with Crippen LogP contribution in [0.3, 0.4) is 0 Å². The number of carbonyl (C=O) groups excluding carboxylic acids is 2. The Hall–Kier alpha value is -3.47. The number of allylic oxidation sites excluding steroid dienone is 1. The molecule has 3 aromatic heterocycles. The molecule has 196 valence electrons. The molecule has 2 aliphatic heterocycles. The van der Waals surface area contributed by atoms with E-state index in [1.54, 1.807) is 17.7 Å². The first-order valence-electron chi connectivity index (χ1n) is 10.9. The zero-order valence-electron chi connectivity index (χ0n) is 19.6. The van der Waals surface area contributed by atoms with E-state index in [0.29, 0.717) is 16.4 Å². The van der Waals surface area contributed by atoms with Crippen molar-refractivity contribution in [3.63, 3.8) is 0 Å². The van der Waals surface area contributed by atoms with Gasteiger partial charge in [0.25, 0.3) is 11.8 Å². The number of carboxylic acids is 1. The second-order valence-electron chi connectivity index (χ2n) is 7.77. The van der Waals surface area contributed by atoms with Gasteiger partial charge in [-0.3, -0.25) is 14.5 Å². The molecule has 16 heteroatoms. The van der Waals surface area contributed by atoms with Crippen LogP contribution in [0.5, 0.6) is 0 Å². The molecule has 0 spiro atoms. The molecule has 0 aromatic carbocycles. The lowest BCUT2D eigenvalue weighted by atomic mass is 9.94. The number of thioether (sulfide) groups is 2. The minimum atomic E-state index is -1.22. The third-order valence-electron chi connectivity index (χ3n) is 5.47. The number of aromatic nitrogens is 3. The Morgan fingerprint density at radius 1 is 1.42 bits per heavy atom. The van der Waals surface area contributed by atoms with E-state index in [0.717, 1.165) is 26.0 Å². The quantitative estimate of drug-likeness (QED) is 0.144. The molecule has 4 N–H and O–H groups in total. The third-order valence-corrected chi connectivity index (χ3v) is 9.37. The number of β-lactam (4-membered cyclic amide) rings is 1. The molecule has 12 nitrogen and oxygen atoms in total. The Bertz CT molecular complexity index is 1480. The van der Waals surface area contributed by atoms with Crippen molar-refractivity contribution in [2.75, 3.05) is 24.3 Å². The smallest absolute Gasteiger partial charge is 0.353 e. The van der Waals surface area contributed by atoms with E-state index in [-0.39, 0.29) is 22.2 Å². The lowest BCUT2D eigenvalue weighted by molar-refractivity contribution is -0.153. The third kappa shape index (κ3) is 5.11. The topological polar surface area (TPSA) is 173 Å². The SMILES string of the molecule is CON=C(C(=O)NC1C(=O)N2C(C(=O)O)=C(C=CCSc3nc4cccnc4s3)SCC12)c1csc(N)n1. The van der Waals surface area contributed by atoms with Crippen LogP contribution >= 0.6 is 46.2 Å². The highest BCUT2D eigenvalue weighted by Crippen LogP contribution is 2.40. The molecule has 5 heterocycles. The number of aliphatic carboxylic acids is 1. The number of thiazole rings is 2. The highest BCUT2D eigenvalue weighted by Gasteiger charge is 2.54. The number of rotatable bonds is 9. The number of hydrogen-bond acceptors (Lipinski definition) is 13. The Labute approximate surface area is 232 Å². The summed E-state index contributed by atoms with van der Waals surface area (Å²) in [6, 6.07) is 2.31. The molecule has 0 bridgehead atoms. The van der Waals surface area contributed by atoms with Gasteiger partial charge in [-0.2, -0.15) is 0 Å². The number of nitrogens with one attached hydrogen (secondary N) is 1.